The number of nitro groups is 1. The summed E-state index contributed by atoms with van der Waals surface area (Å²) in [7, 11) is 0. The molecule has 28 heavy (non-hydrogen) atoms. The Morgan fingerprint density at radius 3 is 2.64 bits per heavy atom. The number of benzene rings is 2. The van der Waals surface area contributed by atoms with Crippen LogP contribution in [0.3, 0.4) is 0 Å². The maximum Gasteiger partial charge on any atom is 0.288 e. The number of hydrogen-bond donors (Lipinski definition) is 0. The van der Waals surface area contributed by atoms with Gasteiger partial charge in [-0.1, -0.05) is 47.5 Å². The summed E-state index contributed by atoms with van der Waals surface area (Å²) in [6.07, 6.45) is 3.22. The van der Waals surface area contributed by atoms with E-state index < -0.39 is 4.92 Å². The van der Waals surface area contributed by atoms with Crippen LogP contribution in [0.2, 0.25) is 10.0 Å². The minimum Gasteiger partial charge on any atom is -0.258 e. The van der Waals surface area contributed by atoms with Crippen LogP contribution in [0.25, 0.3) is 11.3 Å². The average molecular weight is 433 g/mol. The minimum absolute atomic E-state index is 0.0776. The van der Waals surface area contributed by atoms with Crippen LogP contribution in [0, 0.1) is 10.1 Å². The number of rotatable bonds is 6. The second kappa shape index (κ2) is 8.97. The summed E-state index contributed by atoms with van der Waals surface area (Å²) in [6, 6.07) is 11.9. The van der Waals surface area contributed by atoms with Gasteiger partial charge in [0.05, 0.1) is 23.4 Å². The van der Waals surface area contributed by atoms with Crippen molar-refractivity contribution in [2.24, 2.45) is 10.1 Å². The van der Waals surface area contributed by atoms with Gasteiger partial charge in [0.1, 0.15) is 5.02 Å². The fraction of sp³-hybridized carbons (Fsp3) is 0.0526. The van der Waals surface area contributed by atoms with Gasteiger partial charge in [-0.15, -0.1) is 17.9 Å². The molecule has 0 aliphatic heterocycles. The Kier molecular flexibility index (Phi) is 6.41. The molecule has 1 heterocycles. The molecule has 0 fully saturated rings. The van der Waals surface area contributed by atoms with Gasteiger partial charge in [0.15, 0.2) is 0 Å². The van der Waals surface area contributed by atoms with E-state index in [1.165, 1.54) is 29.7 Å². The van der Waals surface area contributed by atoms with Crippen LogP contribution in [0.15, 0.2) is 70.6 Å². The zero-order valence-corrected chi connectivity index (χ0v) is 16.8. The van der Waals surface area contributed by atoms with E-state index in [-0.39, 0.29) is 10.7 Å². The first-order valence-corrected chi connectivity index (χ1v) is 9.69. The predicted octanol–water partition coefficient (Wildman–Crippen LogP) is 5.40. The molecular formula is C19H14Cl2N4O2S. The monoisotopic (exact) mass is 432 g/mol. The van der Waals surface area contributed by atoms with Crippen LogP contribution >= 0.6 is 34.5 Å². The third-order valence-electron chi connectivity index (χ3n) is 3.67. The molecule has 0 spiro atoms. The van der Waals surface area contributed by atoms with Crippen molar-refractivity contribution in [2.45, 2.75) is 0 Å². The van der Waals surface area contributed by atoms with Gasteiger partial charge in [-0.25, -0.2) is 4.68 Å². The van der Waals surface area contributed by atoms with Crippen LogP contribution in [0.1, 0.15) is 5.56 Å². The minimum atomic E-state index is -0.526. The lowest BCUT2D eigenvalue weighted by Gasteiger charge is -2.04. The highest BCUT2D eigenvalue weighted by molar-refractivity contribution is 7.07. The lowest BCUT2D eigenvalue weighted by molar-refractivity contribution is -0.384. The number of hydrogen-bond acceptors (Lipinski definition) is 5. The van der Waals surface area contributed by atoms with Crippen molar-refractivity contribution in [3.8, 4) is 11.3 Å². The lowest BCUT2D eigenvalue weighted by atomic mass is 10.2. The molecule has 0 N–H and O–H groups in total. The van der Waals surface area contributed by atoms with Gasteiger partial charge in [0.25, 0.3) is 5.69 Å². The van der Waals surface area contributed by atoms with Gasteiger partial charge in [0.2, 0.25) is 4.80 Å². The highest BCUT2D eigenvalue weighted by Crippen LogP contribution is 2.25. The fourth-order valence-corrected chi connectivity index (χ4v) is 3.52. The molecule has 0 radical (unpaired) electrons. The molecule has 3 rings (SSSR count). The topological polar surface area (TPSA) is 72.8 Å². The predicted molar refractivity (Wildman–Crippen MR) is 114 cm³/mol. The molecular weight excluding hydrogens is 419 g/mol. The van der Waals surface area contributed by atoms with E-state index in [9.17, 15) is 10.1 Å². The third kappa shape index (κ3) is 4.56. The van der Waals surface area contributed by atoms with E-state index in [0.29, 0.717) is 21.9 Å². The molecule has 0 saturated heterocycles. The maximum absolute atomic E-state index is 11.1. The smallest absolute Gasteiger partial charge is 0.258 e. The van der Waals surface area contributed by atoms with Crippen molar-refractivity contribution in [1.82, 2.24) is 4.68 Å². The van der Waals surface area contributed by atoms with Crippen LogP contribution < -0.4 is 4.80 Å². The maximum atomic E-state index is 11.1. The molecule has 0 atom stereocenters. The first kappa shape index (κ1) is 20.0. The van der Waals surface area contributed by atoms with Crippen LogP contribution in [-0.2, 0) is 0 Å². The molecule has 3 aromatic rings. The van der Waals surface area contributed by atoms with Crippen molar-refractivity contribution in [1.29, 1.82) is 0 Å². The Bertz CT molecular complexity index is 1120. The Morgan fingerprint density at radius 2 is 1.96 bits per heavy atom. The van der Waals surface area contributed by atoms with E-state index in [2.05, 4.69) is 16.7 Å². The van der Waals surface area contributed by atoms with Gasteiger partial charge >= 0.3 is 0 Å². The summed E-state index contributed by atoms with van der Waals surface area (Å²) in [5, 5.41) is 18.2. The largest absolute Gasteiger partial charge is 0.288 e. The summed E-state index contributed by atoms with van der Waals surface area (Å²) in [5.74, 6) is 0. The SMILES string of the molecule is C=CCN=c1scc(-c2ccc(Cl)cc2)n1N=Cc1ccc(Cl)c([N+](=O)[O-])c1. The molecule has 6 nitrogen and oxygen atoms in total. The van der Waals surface area contributed by atoms with Crippen molar-refractivity contribution in [3.63, 3.8) is 0 Å². The molecule has 0 unspecified atom stereocenters. The average Bonchev–Trinajstić information content (AvgIpc) is 3.08. The Labute approximate surface area is 174 Å². The Hall–Kier alpha value is -2.74. The van der Waals surface area contributed by atoms with E-state index >= 15 is 0 Å². The van der Waals surface area contributed by atoms with Gasteiger partial charge in [-0.3, -0.25) is 15.1 Å². The van der Waals surface area contributed by atoms with Crippen molar-refractivity contribution >= 4 is 46.4 Å². The standard InChI is InChI=1S/C19H14Cl2N4O2S/c1-2-9-22-19-24(18(12-28-19)14-4-6-15(20)7-5-14)23-11-13-3-8-16(21)17(10-13)25(26)27/h2-8,10-12H,1,9H2. The van der Waals surface area contributed by atoms with E-state index in [1.54, 1.807) is 29.0 Å². The molecule has 0 aliphatic rings. The summed E-state index contributed by atoms with van der Waals surface area (Å²) < 4.78 is 1.68. The van der Waals surface area contributed by atoms with E-state index in [1.807, 2.05) is 17.5 Å². The van der Waals surface area contributed by atoms with Crippen molar-refractivity contribution < 1.29 is 4.92 Å². The van der Waals surface area contributed by atoms with Crippen LogP contribution in [0.4, 0.5) is 5.69 Å². The summed E-state index contributed by atoms with van der Waals surface area (Å²) >= 11 is 13.3. The third-order valence-corrected chi connectivity index (χ3v) is 5.10. The highest BCUT2D eigenvalue weighted by Gasteiger charge is 2.12. The number of aromatic nitrogens is 1. The van der Waals surface area contributed by atoms with Crippen LogP contribution in [0.5, 0.6) is 0 Å². The Balaban J connectivity index is 2.07. The zero-order valence-electron chi connectivity index (χ0n) is 14.5. The van der Waals surface area contributed by atoms with Gasteiger partial charge < -0.3 is 0 Å². The summed E-state index contributed by atoms with van der Waals surface area (Å²) in [5.41, 5.74) is 2.12. The van der Waals surface area contributed by atoms with Crippen molar-refractivity contribution in [2.75, 3.05) is 6.54 Å². The van der Waals surface area contributed by atoms with E-state index in [4.69, 9.17) is 23.2 Å². The first-order valence-electron chi connectivity index (χ1n) is 8.06. The number of thiazole rings is 1. The summed E-state index contributed by atoms with van der Waals surface area (Å²) in [4.78, 5) is 15.7. The normalized spacial score (nSPS) is 11.9. The second-order valence-corrected chi connectivity index (χ2v) is 7.24. The quantitative estimate of drug-likeness (QED) is 0.226. The molecule has 1 aromatic heterocycles. The zero-order chi connectivity index (χ0) is 20.1. The van der Waals surface area contributed by atoms with Crippen LogP contribution in [-0.4, -0.2) is 22.4 Å². The number of nitrogens with zero attached hydrogens (tertiary/aromatic N) is 4. The van der Waals surface area contributed by atoms with E-state index in [0.717, 1.165) is 11.3 Å². The molecule has 0 aliphatic carbocycles. The molecule has 0 amide bonds. The molecule has 2 aromatic carbocycles. The number of nitro benzene ring substituents is 1. The Morgan fingerprint density at radius 1 is 1.21 bits per heavy atom. The molecule has 0 bridgehead atoms. The first-order chi connectivity index (χ1) is 13.5. The molecule has 142 valence electrons. The summed E-state index contributed by atoms with van der Waals surface area (Å²) in [6.45, 7) is 4.13. The molecule has 0 saturated carbocycles. The second-order valence-electron chi connectivity index (χ2n) is 5.56. The highest BCUT2D eigenvalue weighted by atomic mass is 35.5. The number of halogens is 2. The van der Waals surface area contributed by atoms with Gasteiger partial charge in [0, 0.05) is 27.6 Å². The van der Waals surface area contributed by atoms with Crippen molar-refractivity contribution in [3.05, 3.63) is 91.0 Å². The molecule has 9 heteroatoms. The van der Waals surface area contributed by atoms with Gasteiger partial charge in [-0.05, 0) is 18.2 Å². The van der Waals surface area contributed by atoms with Gasteiger partial charge in [-0.2, -0.15) is 5.10 Å². The lowest BCUT2D eigenvalue weighted by Crippen LogP contribution is -2.12. The fourth-order valence-electron chi connectivity index (χ4n) is 2.36.